The first-order valence-corrected chi connectivity index (χ1v) is 6.95. The van der Waals surface area contributed by atoms with Gasteiger partial charge in [-0.3, -0.25) is 4.57 Å². The first kappa shape index (κ1) is 12.0. The Bertz CT molecular complexity index is 734. The second kappa shape index (κ2) is 5.32. The van der Waals surface area contributed by atoms with E-state index in [9.17, 15) is 4.79 Å². The molecule has 0 atom stereocenters. The molecular weight excluding hydrogens is 260 g/mol. The van der Waals surface area contributed by atoms with Crippen LogP contribution in [-0.2, 0) is 6.54 Å². The van der Waals surface area contributed by atoms with Crippen LogP contribution >= 0.6 is 11.8 Å². The quantitative estimate of drug-likeness (QED) is 0.685. The van der Waals surface area contributed by atoms with Crippen molar-refractivity contribution in [2.45, 2.75) is 11.6 Å². The summed E-state index contributed by atoms with van der Waals surface area (Å²) >= 11 is 1.62. The number of benzene rings is 1. The van der Waals surface area contributed by atoms with Crippen LogP contribution in [0.5, 0.6) is 0 Å². The van der Waals surface area contributed by atoms with Crippen LogP contribution in [0.2, 0.25) is 0 Å². The fourth-order valence-corrected chi connectivity index (χ4v) is 2.69. The van der Waals surface area contributed by atoms with Gasteiger partial charge in [-0.2, -0.15) is 0 Å². The standard InChI is InChI=1S/C14H12N2O2S/c17-14-16(11-5-1-2-6-12(11)18-14)9-10-19-13-7-3-4-8-15-13/h1-8H,9-10H2. The molecule has 19 heavy (non-hydrogen) atoms. The van der Waals surface area contributed by atoms with E-state index in [0.29, 0.717) is 12.1 Å². The molecule has 0 unspecified atom stereocenters. The zero-order valence-electron chi connectivity index (χ0n) is 10.2. The van der Waals surface area contributed by atoms with E-state index in [1.54, 1.807) is 28.6 Å². The largest absolute Gasteiger partial charge is 0.419 e. The van der Waals surface area contributed by atoms with Gasteiger partial charge in [0.2, 0.25) is 0 Å². The first-order valence-electron chi connectivity index (χ1n) is 5.97. The van der Waals surface area contributed by atoms with Crippen molar-refractivity contribution in [3.63, 3.8) is 0 Å². The van der Waals surface area contributed by atoms with E-state index in [4.69, 9.17) is 4.42 Å². The van der Waals surface area contributed by atoms with Crippen molar-refractivity contribution in [1.82, 2.24) is 9.55 Å². The third kappa shape index (κ3) is 2.56. The molecule has 1 aromatic carbocycles. The van der Waals surface area contributed by atoms with Crippen molar-refractivity contribution < 1.29 is 4.42 Å². The third-order valence-corrected chi connectivity index (χ3v) is 3.70. The maximum atomic E-state index is 11.8. The number of aryl methyl sites for hydroxylation is 1. The number of thioether (sulfide) groups is 1. The number of aromatic nitrogens is 2. The number of pyridine rings is 1. The van der Waals surface area contributed by atoms with Gasteiger partial charge in [0.05, 0.1) is 10.5 Å². The van der Waals surface area contributed by atoms with Gasteiger partial charge in [-0.05, 0) is 24.3 Å². The smallest absolute Gasteiger partial charge is 0.408 e. The van der Waals surface area contributed by atoms with Crippen LogP contribution in [-0.4, -0.2) is 15.3 Å². The molecule has 3 rings (SSSR count). The van der Waals surface area contributed by atoms with E-state index in [1.165, 1.54) is 0 Å². The van der Waals surface area contributed by atoms with Crippen LogP contribution in [0.15, 0.2) is 62.9 Å². The van der Waals surface area contributed by atoms with Crippen molar-refractivity contribution in [2.24, 2.45) is 0 Å². The van der Waals surface area contributed by atoms with E-state index in [2.05, 4.69) is 4.98 Å². The van der Waals surface area contributed by atoms with Crippen LogP contribution in [0, 0.1) is 0 Å². The molecule has 0 aliphatic heterocycles. The summed E-state index contributed by atoms with van der Waals surface area (Å²) in [6, 6.07) is 13.3. The summed E-state index contributed by atoms with van der Waals surface area (Å²) in [6.07, 6.45) is 1.77. The first-order chi connectivity index (χ1) is 9.34. The second-order valence-corrected chi connectivity index (χ2v) is 5.12. The molecule has 0 amide bonds. The number of para-hydroxylation sites is 2. The number of hydrogen-bond donors (Lipinski definition) is 0. The second-order valence-electron chi connectivity index (χ2n) is 4.00. The van der Waals surface area contributed by atoms with Gasteiger partial charge in [0, 0.05) is 18.5 Å². The summed E-state index contributed by atoms with van der Waals surface area (Å²) in [5.41, 5.74) is 1.48. The fourth-order valence-electron chi connectivity index (χ4n) is 1.90. The van der Waals surface area contributed by atoms with E-state index >= 15 is 0 Å². The Morgan fingerprint density at radius 1 is 1.16 bits per heavy atom. The summed E-state index contributed by atoms with van der Waals surface area (Å²) in [7, 11) is 0. The normalized spacial score (nSPS) is 10.9. The van der Waals surface area contributed by atoms with Crippen molar-refractivity contribution in [1.29, 1.82) is 0 Å². The Kier molecular flexibility index (Phi) is 3.37. The minimum atomic E-state index is -0.303. The molecule has 2 aromatic heterocycles. The van der Waals surface area contributed by atoms with E-state index < -0.39 is 0 Å². The van der Waals surface area contributed by atoms with E-state index in [0.717, 1.165) is 16.3 Å². The van der Waals surface area contributed by atoms with Gasteiger partial charge in [-0.1, -0.05) is 18.2 Å². The lowest BCUT2D eigenvalue weighted by Crippen LogP contribution is -2.15. The molecule has 0 radical (unpaired) electrons. The molecule has 4 nitrogen and oxygen atoms in total. The van der Waals surface area contributed by atoms with Gasteiger partial charge < -0.3 is 4.42 Å². The Morgan fingerprint density at radius 2 is 2.00 bits per heavy atom. The number of nitrogens with zero attached hydrogens (tertiary/aromatic N) is 2. The van der Waals surface area contributed by atoms with Gasteiger partial charge in [0.1, 0.15) is 0 Å². The summed E-state index contributed by atoms with van der Waals surface area (Å²) in [5.74, 6) is 0.475. The van der Waals surface area contributed by atoms with Crippen LogP contribution in [0.4, 0.5) is 0 Å². The van der Waals surface area contributed by atoms with Crippen LogP contribution in [0.1, 0.15) is 0 Å². The highest BCUT2D eigenvalue weighted by molar-refractivity contribution is 7.99. The van der Waals surface area contributed by atoms with Gasteiger partial charge in [-0.25, -0.2) is 9.78 Å². The third-order valence-electron chi connectivity index (χ3n) is 2.78. The fraction of sp³-hybridized carbons (Fsp3) is 0.143. The van der Waals surface area contributed by atoms with E-state index in [-0.39, 0.29) is 5.76 Å². The lowest BCUT2D eigenvalue weighted by molar-refractivity contribution is 0.514. The Morgan fingerprint density at radius 3 is 2.84 bits per heavy atom. The number of rotatable bonds is 4. The predicted octanol–water partition coefficient (Wildman–Crippen LogP) is 2.78. The van der Waals surface area contributed by atoms with Gasteiger partial charge in [0.25, 0.3) is 0 Å². The molecule has 0 aliphatic rings. The molecular formula is C14H12N2O2S. The minimum absolute atomic E-state index is 0.303. The van der Waals surface area contributed by atoms with Crippen LogP contribution in [0.25, 0.3) is 11.1 Å². The Balaban J connectivity index is 1.75. The lowest BCUT2D eigenvalue weighted by atomic mass is 10.3. The molecule has 0 fully saturated rings. The summed E-state index contributed by atoms with van der Waals surface area (Å²) < 4.78 is 6.84. The minimum Gasteiger partial charge on any atom is -0.408 e. The molecule has 96 valence electrons. The average molecular weight is 272 g/mol. The Labute approximate surface area is 114 Å². The summed E-state index contributed by atoms with van der Waals surface area (Å²) in [5, 5.41) is 0.961. The summed E-state index contributed by atoms with van der Waals surface area (Å²) in [4.78, 5) is 16.0. The molecule has 5 heteroatoms. The monoisotopic (exact) mass is 272 g/mol. The highest BCUT2D eigenvalue weighted by atomic mass is 32.2. The summed E-state index contributed by atoms with van der Waals surface area (Å²) in [6.45, 7) is 0.608. The number of oxazole rings is 1. The highest BCUT2D eigenvalue weighted by Crippen LogP contribution is 2.16. The Hall–Kier alpha value is -2.01. The van der Waals surface area contributed by atoms with Gasteiger partial charge >= 0.3 is 5.76 Å². The molecule has 0 bridgehead atoms. The SMILES string of the molecule is O=c1oc2ccccc2n1CCSc1ccccn1. The molecule has 0 N–H and O–H groups in total. The highest BCUT2D eigenvalue weighted by Gasteiger charge is 2.07. The molecule has 0 saturated heterocycles. The molecule has 0 saturated carbocycles. The molecule has 3 aromatic rings. The van der Waals surface area contributed by atoms with Crippen molar-refractivity contribution in [2.75, 3.05) is 5.75 Å². The van der Waals surface area contributed by atoms with Gasteiger partial charge in [0.15, 0.2) is 5.58 Å². The number of fused-ring (bicyclic) bond motifs is 1. The molecule has 0 spiro atoms. The molecule has 2 heterocycles. The van der Waals surface area contributed by atoms with Crippen LogP contribution in [0.3, 0.4) is 0 Å². The van der Waals surface area contributed by atoms with Crippen molar-refractivity contribution in [3.8, 4) is 0 Å². The topological polar surface area (TPSA) is 48.0 Å². The van der Waals surface area contributed by atoms with Crippen molar-refractivity contribution in [3.05, 3.63) is 59.2 Å². The maximum absolute atomic E-state index is 11.8. The van der Waals surface area contributed by atoms with Gasteiger partial charge in [-0.15, -0.1) is 11.8 Å². The van der Waals surface area contributed by atoms with Crippen molar-refractivity contribution >= 4 is 22.9 Å². The van der Waals surface area contributed by atoms with E-state index in [1.807, 2.05) is 36.4 Å². The average Bonchev–Trinajstić information content (AvgIpc) is 2.76. The predicted molar refractivity (Wildman–Crippen MR) is 75.4 cm³/mol. The van der Waals surface area contributed by atoms with Crippen LogP contribution < -0.4 is 5.76 Å². The zero-order valence-corrected chi connectivity index (χ0v) is 11.0. The molecule has 0 aliphatic carbocycles. The maximum Gasteiger partial charge on any atom is 0.419 e. The number of hydrogen-bond acceptors (Lipinski definition) is 4. The zero-order chi connectivity index (χ0) is 13.1. The lowest BCUT2D eigenvalue weighted by Gasteiger charge is -2.01.